The molecule has 0 atom stereocenters. The van der Waals surface area contributed by atoms with Crippen LogP contribution in [0, 0.1) is 12.3 Å². The van der Waals surface area contributed by atoms with Crippen LogP contribution in [0.25, 0.3) is 10.8 Å². The van der Waals surface area contributed by atoms with Gasteiger partial charge in [-0.1, -0.05) is 72.3 Å². The topological polar surface area (TPSA) is 23.9 Å². The van der Waals surface area contributed by atoms with Crippen LogP contribution in [-0.4, -0.2) is 5.71 Å². The molecule has 0 saturated heterocycles. The molecule has 1 nitrogen and oxygen atoms in total. The van der Waals surface area contributed by atoms with Gasteiger partial charge in [-0.05, 0) is 28.8 Å². The highest BCUT2D eigenvalue weighted by atomic mass is 14.4. The predicted molar refractivity (Wildman–Crippen MR) is 85.7 cm³/mol. The predicted octanol–water partition coefficient (Wildman–Crippen LogP) is 4.76. The van der Waals surface area contributed by atoms with Gasteiger partial charge in [-0.15, -0.1) is 0 Å². The third-order valence-corrected chi connectivity index (χ3v) is 3.56. The molecule has 0 bridgehead atoms. The largest absolute Gasteiger partial charge is 0.304 e. The van der Waals surface area contributed by atoms with Gasteiger partial charge >= 0.3 is 0 Å². The summed E-state index contributed by atoms with van der Waals surface area (Å²) in [5.74, 6) is 0. The van der Waals surface area contributed by atoms with Crippen LogP contribution < -0.4 is 0 Å². The fraction of sp³-hybridized carbons (Fsp3) is 0.105. The van der Waals surface area contributed by atoms with Gasteiger partial charge in [-0.25, -0.2) is 0 Å². The minimum absolute atomic E-state index is 0.664. The molecule has 0 spiro atoms. The van der Waals surface area contributed by atoms with E-state index in [9.17, 15) is 0 Å². The molecule has 0 aliphatic heterocycles. The molecule has 0 aliphatic rings. The molecule has 0 aromatic heterocycles. The molecule has 3 rings (SSSR count). The Hall–Kier alpha value is -2.41. The summed E-state index contributed by atoms with van der Waals surface area (Å²) < 4.78 is 0. The van der Waals surface area contributed by atoms with Crippen LogP contribution in [-0.2, 0) is 6.42 Å². The summed E-state index contributed by atoms with van der Waals surface area (Å²) >= 11 is 0. The highest BCUT2D eigenvalue weighted by Gasteiger charge is 2.03. The van der Waals surface area contributed by atoms with Crippen molar-refractivity contribution in [3.63, 3.8) is 0 Å². The Morgan fingerprint density at radius 3 is 2.35 bits per heavy atom. The van der Waals surface area contributed by atoms with Crippen molar-refractivity contribution in [2.45, 2.75) is 13.3 Å². The molecule has 0 aliphatic carbocycles. The zero-order chi connectivity index (χ0) is 13.9. The second-order valence-corrected chi connectivity index (χ2v) is 5.21. The molecule has 0 radical (unpaired) electrons. The van der Waals surface area contributed by atoms with E-state index in [0.29, 0.717) is 12.1 Å². The fourth-order valence-electron chi connectivity index (χ4n) is 2.47. The lowest BCUT2D eigenvalue weighted by Crippen LogP contribution is -2.03. The van der Waals surface area contributed by atoms with Gasteiger partial charge in [0.25, 0.3) is 0 Å². The first-order valence-corrected chi connectivity index (χ1v) is 6.84. The van der Waals surface area contributed by atoms with E-state index in [1.807, 2.05) is 30.3 Å². The van der Waals surface area contributed by atoms with E-state index in [0.717, 1.165) is 5.56 Å². The molecule has 3 aromatic carbocycles. The smallest absolute Gasteiger partial charge is 0.0429 e. The van der Waals surface area contributed by atoms with Gasteiger partial charge in [0.15, 0.2) is 0 Å². The van der Waals surface area contributed by atoms with E-state index in [1.54, 1.807) is 0 Å². The summed E-state index contributed by atoms with van der Waals surface area (Å²) in [6.07, 6.45) is 0.674. The molecule has 20 heavy (non-hydrogen) atoms. The molecule has 1 heteroatoms. The van der Waals surface area contributed by atoms with Gasteiger partial charge in [0.05, 0.1) is 0 Å². The van der Waals surface area contributed by atoms with Crippen molar-refractivity contribution in [1.29, 1.82) is 5.41 Å². The van der Waals surface area contributed by atoms with Gasteiger partial charge in [-0.2, -0.15) is 0 Å². The first kappa shape index (κ1) is 12.6. The molecule has 0 heterocycles. The lowest BCUT2D eigenvalue weighted by molar-refractivity contribution is 1.28. The SMILES string of the molecule is Cc1ccc2cc(CC(=N)c3ccccc3)ccc2c1. The number of hydrogen-bond donors (Lipinski definition) is 1. The Bertz CT molecular complexity index is 757. The van der Waals surface area contributed by atoms with Crippen LogP contribution in [0.4, 0.5) is 0 Å². The fourth-order valence-corrected chi connectivity index (χ4v) is 2.47. The second kappa shape index (κ2) is 5.30. The minimum atomic E-state index is 0.664. The van der Waals surface area contributed by atoms with E-state index in [1.165, 1.54) is 21.9 Å². The van der Waals surface area contributed by atoms with Crippen LogP contribution >= 0.6 is 0 Å². The molecule has 0 saturated carbocycles. The maximum absolute atomic E-state index is 8.21. The first-order chi connectivity index (χ1) is 9.72. The third kappa shape index (κ3) is 2.62. The summed E-state index contributed by atoms with van der Waals surface area (Å²) in [5.41, 5.74) is 4.13. The standard InChI is InChI=1S/C19H17N/c1-14-7-9-18-12-15(8-10-17(18)11-14)13-19(20)16-5-3-2-4-6-16/h2-12,20H,13H2,1H3. The van der Waals surface area contributed by atoms with E-state index < -0.39 is 0 Å². The summed E-state index contributed by atoms with van der Waals surface area (Å²) in [6.45, 7) is 2.11. The molecular formula is C19H17N. The Labute approximate surface area is 119 Å². The Morgan fingerprint density at radius 1 is 0.850 bits per heavy atom. The van der Waals surface area contributed by atoms with E-state index in [2.05, 4.69) is 43.3 Å². The van der Waals surface area contributed by atoms with E-state index >= 15 is 0 Å². The average molecular weight is 259 g/mol. The van der Waals surface area contributed by atoms with Gasteiger partial charge in [0.1, 0.15) is 0 Å². The maximum atomic E-state index is 8.21. The highest BCUT2D eigenvalue weighted by Crippen LogP contribution is 2.18. The number of benzene rings is 3. The lowest BCUT2D eigenvalue weighted by atomic mass is 9.99. The van der Waals surface area contributed by atoms with Gasteiger partial charge in [0, 0.05) is 12.1 Å². The quantitative estimate of drug-likeness (QED) is 0.656. The van der Waals surface area contributed by atoms with Gasteiger partial charge in [-0.3, -0.25) is 0 Å². The summed E-state index contributed by atoms with van der Waals surface area (Å²) in [7, 11) is 0. The number of rotatable bonds is 3. The second-order valence-electron chi connectivity index (χ2n) is 5.21. The normalized spacial score (nSPS) is 10.7. The first-order valence-electron chi connectivity index (χ1n) is 6.84. The maximum Gasteiger partial charge on any atom is 0.0429 e. The molecule has 0 amide bonds. The summed E-state index contributed by atoms with van der Waals surface area (Å²) in [5, 5.41) is 10.7. The Kier molecular flexibility index (Phi) is 3.34. The van der Waals surface area contributed by atoms with Crippen molar-refractivity contribution in [3.05, 3.63) is 83.4 Å². The Morgan fingerprint density at radius 2 is 1.55 bits per heavy atom. The number of aryl methyl sites for hydroxylation is 1. The Balaban J connectivity index is 1.88. The molecule has 1 N–H and O–H groups in total. The number of hydrogen-bond acceptors (Lipinski definition) is 1. The van der Waals surface area contributed by atoms with Crippen LogP contribution in [0.2, 0.25) is 0 Å². The number of fused-ring (bicyclic) bond motifs is 1. The molecular weight excluding hydrogens is 242 g/mol. The van der Waals surface area contributed by atoms with Crippen LogP contribution in [0.1, 0.15) is 16.7 Å². The summed E-state index contributed by atoms with van der Waals surface area (Å²) in [6, 6.07) is 22.9. The van der Waals surface area contributed by atoms with E-state index in [-0.39, 0.29) is 0 Å². The van der Waals surface area contributed by atoms with Crippen LogP contribution in [0.5, 0.6) is 0 Å². The zero-order valence-corrected chi connectivity index (χ0v) is 11.6. The minimum Gasteiger partial charge on any atom is -0.304 e. The van der Waals surface area contributed by atoms with Crippen molar-refractivity contribution >= 4 is 16.5 Å². The summed E-state index contributed by atoms with van der Waals surface area (Å²) in [4.78, 5) is 0. The third-order valence-electron chi connectivity index (χ3n) is 3.56. The van der Waals surface area contributed by atoms with Crippen LogP contribution in [0.3, 0.4) is 0 Å². The zero-order valence-electron chi connectivity index (χ0n) is 11.6. The average Bonchev–Trinajstić information content (AvgIpc) is 2.48. The van der Waals surface area contributed by atoms with Crippen molar-refractivity contribution < 1.29 is 0 Å². The highest BCUT2D eigenvalue weighted by molar-refractivity contribution is 6.00. The van der Waals surface area contributed by atoms with Crippen molar-refractivity contribution in [2.75, 3.05) is 0 Å². The monoisotopic (exact) mass is 259 g/mol. The molecule has 3 aromatic rings. The van der Waals surface area contributed by atoms with Gasteiger partial charge in [0.2, 0.25) is 0 Å². The van der Waals surface area contributed by atoms with Crippen molar-refractivity contribution in [1.82, 2.24) is 0 Å². The van der Waals surface area contributed by atoms with Crippen LogP contribution in [0.15, 0.2) is 66.7 Å². The number of nitrogens with one attached hydrogen (secondary N) is 1. The lowest BCUT2D eigenvalue weighted by Gasteiger charge is -2.06. The molecule has 98 valence electrons. The van der Waals surface area contributed by atoms with E-state index in [4.69, 9.17) is 5.41 Å². The van der Waals surface area contributed by atoms with Crippen molar-refractivity contribution in [3.8, 4) is 0 Å². The van der Waals surface area contributed by atoms with Gasteiger partial charge < -0.3 is 5.41 Å². The molecule has 0 fully saturated rings. The molecule has 0 unspecified atom stereocenters. The van der Waals surface area contributed by atoms with Crippen molar-refractivity contribution in [2.24, 2.45) is 0 Å².